The predicted molar refractivity (Wildman–Crippen MR) is 69.8 cm³/mol. The van der Waals surface area contributed by atoms with Crippen LogP contribution in [0, 0.1) is 11.8 Å². The highest BCUT2D eigenvalue weighted by atomic mass is 16.1. The Morgan fingerprint density at radius 3 is 2.65 bits per heavy atom. The highest BCUT2D eigenvalue weighted by Crippen LogP contribution is 2.26. The maximum Gasteiger partial charge on any atom is 0.220 e. The van der Waals surface area contributed by atoms with Crippen LogP contribution in [0.2, 0.25) is 0 Å². The quantitative estimate of drug-likeness (QED) is 0.744. The fourth-order valence-electron chi connectivity index (χ4n) is 3.10. The van der Waals surface area contributed by atoms with Crippen LogP contribution in [0.3, 0.4) is 0 Å². The topological polar surface area (TPSA) is 41.1 Å². The summed E-state index contributed by atoms with van der Waals surface area (Å²) in [7, 11) is 0. The zero-order chi connectivity index (χ0) is 11.9. The molecular formula is C14H26N2O. The fraction of sp³-hybridized carbons (Fsp3) is 0.929. The SMILES string of the molecule is O=C(CCC1CCNC1)NCCC1CCCC1. The minimum Gasteiger partial charge on any atom is -0.356 e. The average molecular weight is 238 g/mol. The van der Waals surface area contributed by atoms with Gasteiger partial charge in [0.25, 0.3) is 0 Å². The molecule has 1 saturated heterocycles. The molecule has 1 aliphatic carbocycles. The van der Waals surface area contributed by atoms with Crippen molar-refractivity contribution in [2.24, 2.45) is 11.8 Å². The van der Waals surface area contributed by atoms with Crippen molar-refractivity contribution in [3.63, 3.8) is 0 Å². The molecule has 0 aromatic rings. The van der Waals surface area contributed by atoms with Crippen molar-refractivity contribution in [1.82, 2.24) is 10.6 Å². The van der Waals surface area contributed by atoms with Crippen LogP contribution in [-0.2, 0) is 4.79 Å². The molecule has 1 heterocycles. The first-order valence-corrected chi connectivity index (χ1v) is 7.32. The molecule has 2 N–H and O–H groups in total. The Bertz CT molecular complexity index is 230. The van der Waals surface area contributed by atoms with Gasteiger partial charge in [-0.25, -0.2) is 0 Å². The first-order chi connectivity index (χ1) is 8.34. The van der Waals surface area contributed by atoms with Gasteiger partial charge in [0.1, 0.15) is 0 Å². The van der Waals surface area contributed by atoms with Crippen LogP contribution in [0.5, 0.6) is 0 Å². The van der Waals surface area contributed by atoms with Gasteiger partial charge < -0.3 is 10.6 Å². The lowest BCUT2D eigenvalue weighted by molar-refractivity contribution is -0.121. The Balaban J connectivity index is 1.48. The van der Waals surface area contributed by atoms with E-state index in [0.717, 1.165) is 44.3 Å². The van der Waals surface area contributed by atoms with Crippen LogP contribution in [0.4, 0.5) is 0 Å². The highest BCUT2D eigenvalue weighted by molar-refractivity contribution is 5.75. The summed E-state index contributed by atoms with van der Waals surface area (Å²) in [6, 6.07) is 0. The molecule has 17 heavy (non-hydrogen) atoms. The zero-order valence-corrected chi connectivity index (χ0v) is 10.8. The molecule has 3 heteroatoms. The first kappa shape index (κ1) is 12.9. The monoisotopic (exact) mass is 238 g/mol. The van der Waals surface area contributed by atoms with E-state index in [2.05, 4.69) is 10.6 Å². The molecule has 2 rings (SSSR count). The van der Waals surface area contributed by atoms with E-state index in [-0.39, 0.29) is 5.91 Å². The number of hydrogen-bond donors (Lipinski definition) is 2. The van der Waals surface area contributed by atoms with E-state index in [4.69, 9.17) is 0 Å². The number of carbonyl (C=O) groups is 1. The second kappa shape index (κ2) is 7.00. The van der Waals surface area contributed by atoms with Gasteiger partial charge in [-0.2, -0.15) is 0 Å². The number of amides is 1. The maximum atomic E-state index is 11.6. The summed E-state index contributed by atoms with van der Waals surface area (Å²) < 4.78 is 0. The molecular weight excluding hydrogens is 212 g/mol. The van der Waals surface area contributed by atoms with Crippen LogP contribution in [0.15, 0.2) is 0 Å². The normalized spacial score (nSPS) is 25.3. The second-order valence-electron chi connectivity index (χ2n) is 5.69. The lowest BCUT2D eigenvalue weighted by Crippen LogP contribution is -2.26. The van der Waals surface area contributed by atoms with Gasteiger partial charge in [0.15, 0.2) is 0 Å². The molecule has 0 spiro atoms. The van der Waals surface area contributed by atoms with Gasteiger partial charge in [0.2, 0.25) is 5.91 Å². The molecule has 0 aromatic heterocycles. The third-order valence-electron chi connectivity index (χ3n) is 4.29. The molecule has 2 aliphatic rings. The second-order valence-corrected chi connectivity index (χ2v) is 5.69. The Hall–Kier alpha value is -0.570. The Morgan fingerprint density at radius 2 is 1.94 bits per heavy atom. The van der Waals surface area contributed by atoms with E-state index in [9.17, 15) is 4.79 Å². The highest BCUT2D eigenvalue weighted by Gasteiger charge is 2.16. The minimum absolute atomic E-state index is 0.259. The average Bonchev–Trinajstić information content (AvgIpc) is 2.99. The number of hydrogen-bond acceptors (Lipinski definition) is 2. The van der Waals surface area contributed by atoms with Crippen molar-refractivity contribution in [2.45, 2.75) is 51.4 Å². The summed E-state index contributed by atoms with van der Waals surface area (Å²) in [5, 5.41) is 6.42. The standard InChI is InChI=1S/C14H26N2O/c17-14(6-5-13-7-9-15-11-13)16-10-8-12-3-1-2-4-12/h12-13,15H,1-11H2,(H,16,17). The molecule has 1 aliphatic heterocycles. The third-order valence-corrected chi connectivity index (χ3v) is 4.29. The molecule has 98 valence electrons. The molecule has 1 unspecified atom stereocenters. The molecule has 0 radical (unpaired) electrons. The summed E-state index contributed by atoms with van der Waals surface area (Å²) in [6.45, 7) is 3.13. The number of carbonyl (C=O) groups excluding carboxylic acids is 1. The first-order valence-electron chi connectivity index (χ1n) is 7.32. The third kappa shape index (κ3) is 4.66. The van der Waals surface area contributed by atoms with Gasteiger partial charge >= 0.3 is 0 Å². The van der Waals surface area contributed by atoms with Crippen molar-refractivity contribution in [1.29, 1.82) is 0 Å². The van der Waals surface area contributed by atoms with Gasteiger partial charge in [0.05, 0.1) is 0 Å². The van der Waals surface area contributed by atoms with E-state index in [1.54, 1.807) is 0 Å². The van der Waals surface area contributed by atoms with E-state index in [0.29, 0.717) is 0 Å². The lowest BCUT2D eigenvalue weighted by atomic mass is 10.0. The Kier molecular flexibility index (Phi) is 5.30. The van der Waals surface area contributed by atoms with Gasteiger partial charge in [-0.05, 0) is 44.2 Å². The van der Waals surface area contributed by atoms with Gasteiger partial charge in [-0.3, -0.25) is 4.79 Å². The molecule has 1 saturated carbocycles. The molecule has 0 bridgehead atoms. The van der Waals surface area contributed by atoms with Crippen molar-refractivity contribution in [3.8, 4) is 0 Å². The summed E-state index contributed by atoms with van der Waals surface area (Å²) in [5.74, 6) is 1.87. The van der Waals surface area contributed by atoms with Crippen molar-refractivity contribution in [3.05, 3.63) is 0 Å². The van der Waals surface area contributed by atoms with Crippen LogP contribution < -0.4 is 10.6 Å². The smallest absolute Gasteiger partial charge is 0.220 e. The lowest BCUT2D eigenvalue weighted by Gasteiger charge is -2.11. The molecule has 1 atom stereocenters. The van der Waals surface area contributed by atoms with Crippen LogP contribution in [0.25, 0.3) is 0 Å². The predicted octanol–water partition coefficient (Wildman–Crippen LogP) is 2.07. The molecule has 3 nitrogen and oxygen atoms in total. The largest absolute Gasteiger partial charge is 0.356 e. The van der Waals surface area contributed by atoms with Crippen LogP contribution in [0.1, 0.15) is 51.4 Å². The van der Waals surface area contributed by atoms with Crippen LogP contribution >= 0.6 is 0 Å². The number of rotatable bonds is 6. The summed E-state index contributed by atoms with van der Waals surface area (Å²) in [5.41, 5.74) is 0. The zero-order valence-electron chi connectivity index (χ0n) is 10.8. The van der Waals surface area contributed by atoms with Crippen molar-refractivity contribution in [2.75, 3.05) is 19.6 Å². The van der Waals surface area contributed by atoms with Crippen molar-refractivity contribution < 1.29 is 4.79 Å². The van der Waals surface area contributed by atoms with Gasteiger partial charge in [-0.15, -0.1) is 0 Å². The van der Waals surface area contributed by atoms with E-state index >= 15 is 0 Å². The molecule has 0 aromatic carbocycles. The fourth-order valence-corrected chi connectivity index (χ4v) is 3.10. The maximum absolute atomic E-state index is 11.6. The summed E-state index contributed by atoms with van der Waals surface area (Å²) >= 11 is 0. The summed E-state index contributed by atoms with van der Waals surface area (Å²) in [6.07, 6.45) is 9.76. The van der Waals surface area contributed by atoms with Gasteiger partial charge in [0, 0.05) is 13.0 Å². The van der Waals surface area contributed by atoms with Gasteiger partial charge in [-0.1, -0.05) is 25.7 Å². The van der Waals surface area contributed by atoms with Crippen molar-refractivity contribution >= 4 is 5.91 Å². The van der Waals surface area contributed by atoms with E-state index < -0.39 is 0 Å². The minimum atomic E-state index is 0.259. The summed E-state index contributed by atoms with van der Waals surface area (Å²) in [4.78, 5) is 11.6. The Labute approximate surface area is 105 Å². The number of nitrogens with one attached hydrogen (secondary N) is 2. The Morgan fingerprint density at radius 1 is 1.12 bits per heavy atom. The van der Waals surface area contributed by atoms with E-state index in [1.807, 2.05) is 0 Å². The molecule has 1 amide bonds. The molecule has 2 fully saturated rings. The van der Waals surface area contributed by atoms with E-state index in [1.165, 1.54) is 38.5 Å². The van der Waals surface area contributed by atoms with Crippen LogP contribution in [-0.4, -0.2) is 25.5 Å².